The lowest BCUT2D eigenvalue weighted by Gasteiger charge is -2.19. The van der Waals surface area contributed by atoms with Crippen molar-refractivity contribution in [1.29, 1.82) is 0 Å². The van der Waals surface area contributed by atoms with Crippen LogP contribution in [0.3, 0.4) is 0 Å². The summed E-state index contributed by atoms with van der Waals surface area (Å²) in [5.41, 5.74) is 1.69. The molecule has 1 nitrogen and oxygen atoms in total. The topological polar surface area (TPSA) is 9.23 Å². The number of halogens is 2. The van der Waals surface area contributed by atoms with Crippen LogP contribution in [0.5, 0.6) is 5.75 Å². The Bertz CT molecular complexity index is 468. The number of allylic oxidation sites excluding steroid dienone is 2. The maximum Gasteiger partial charge on any atom is 0.153 e. The third-order valence-electron chi connectivity index (χ3n) is 3.37. The predicted octanol–water partition coefficient (Wildman–Crippen LogP) is 5.08. The van der Waals surface area contributed by atoms with E-state index in [1.54, 1.807) is 12.1 Å². The number of benzene rings is 1. The molecule has 2 rings (SSSR count). The summed E-state index contributed by atoms with van der Waals surface area (Å²) in [4.78, 5) is 0. The first-order valence-corrected chi connectivity index (χ1v) is 6.81. The largest absolute Gasteiger partial charge is 0.492 e. The molecule has 1 atom stereocenters. The highest BCUT2D eigenvalue weighted by atomic mass is 35.5. The number of hydrogen-bond acceptors (Lipinski definition) is 1. The molecule has 0 saturated carbocycles. The van der Waals surface area contributed by atoms with Crippen molar-refractivity contribution < 1.29 is 9.13 Å². The fourth-order valence-electron chi connectivity index (χ4n) is 2.26. The van der Waals surface area contributed by atoms with Crippen molar-refractivity contribution in [2.75, 3.05) is 6.61 Å². The lowest BCUT2D eigenvalue weighted by atomic mass is 9.87. The lowest BCUT2D eigenvalue weighted by Crippen LogP contribution is -2.03. The van der Waals surface area contributed by atoms with E-state index in [2.05, 4.69) is 13.0 Å². The van der Waals surface area contributed by atoms with Crippen LogP contribution in [0.4, 0.5) is 4.39 Å². The molecule has 0 heterocycles. The first-order chi connectivity index (χ1) is 8.63. The van der Waals surface area contributed by atoms with Crippen LogP contribution in [-0.4, -0.2) is 6.61 Å². The highest BCUT2D eigenvalue weighted by molar-refractivity contribution is 6.32. The van der Waals surface area contributed by atoms with E-state index in [9.17, 15) is 4.39 Å². The minimum atomic E-state index is -0.358. The zero-order valence-electron chi connectivity index (χ0n) is 10.8. The average molecular weight is 269 g/mol. The van der Waals surface area contributed by atoms with Crippen LogP contribution in [0.1, 0.15) is 38.7 Å². The van der Waals surface area contributed by atoms with Gasteiger partial charge in [-0.2, -0.15) is 0 Å². The average Bonchev–Trinajstić information content (AvgIpc) is 2.37. The van der Waals surface area contributed by atoms with E-state index >= 15 is 0 Å². The van der Waals surface area contributed by atoms with Gasteiger partial charge in [0.1, 0.15) is 10.8 Å². The Labute approximate surface area is 113 Å². The molecule has 18 heavy (non-hydrogen) atoms. The first kappa shape index (κ1) is 13.4. The molecule has 1 unspecified atom stereocenters. The smallest absolute Gasteiger partial charge is 0.153 e. The minimum Gasteiger partial charge on any atom is -0.492 e. The van der Waals surface area contributed by atoms with Crippen molar-refractivity contribution >= 4 is 17.2 Å². The number of rotatable bonds is 3. The Balaban J connectivity index is 2.32. The van der Waals surface area contributed by atoms with Crippen LogP contribution >= 0.6 is 11.6 Å². The molecule has 0 N–H and O–H groups in total. The Kier molecular flexibility index (Phi) is 4.28. The van der Waals surface area contributed by atoms with Crippen LogP contribution in [0.25, 0.3) is 5.57 Å². The van der Waals surface area contributed by atoms with E-state index in [1.807, 2.05) is 6.92 Å². The van der Waals surface area contributed by atoms with E-state index in [-0.39, 0.29) is 10.8 Å². The third kappa shape index (κ3) is 2.69. The van der Waals surface area contributed by atoms with Gasteiger partial charge in [0.15, 0.2) is 5.82 Å². The molecule has 98 valence electrons. The van der Waals surface area contributed by atoms with E-state index in [4.69, 9.17) is 16.3 Å². The van der Waals surface area contributed by atoms with Gasteiger partial charge >= 0.3 is 0 Å². The summed E-state index contributed by atoms with van der Waals surface area (Å²) in [6.07, 6.45) is 5.17. The van der Waals surface area contributed by atoms with Gasteiger partial charge in [-0.15, -0.1) is 0 Å². The number of ether oxygens (including phenoxy) is 1. The van der Waals surface area contributed by atoms with E-state index in [1.165, 1.54) is 0 Å². The Hall–Kier alpha value is -1.02. The lowest BCUT2D eigenvalue weighted by molar-refractivity contribution is 0.338. The summed E-state index contributed by atoms with van der Waals surface area (Å²) < 4.78 is 19.5. The zero-order chi connectivity index (χ0) is 13.1. The van der Waals surface area contributed by atoms with Crippen molar-refractivity contribution in [1.82, 2.24) is 0 Å². The van der Waals surface area contributed by atoms with Crippen LogP contribution in [0.2, 0.25) is 5.02 Å². The van der Waals surface area contributed by atoms with Gasteiger partial charge in [-0.25, -0.2) is 4.39 Å². The van der Waals surface area contributed by atoms with Crippen molar-refractivity contribution in [3.05, 3.63) is 34.6 Å². The molecule has 1 aromatic rings. The maximum atomic E-state index is 14.2. The molecule has 0 saturated heterocycles. The van der Waals surface area contributed by atoms with E-state index in [0.29, 0.717) is 23.8 Å². The predicted molar refractivity (Wildman–Crippen MR) is 73.6 cm³/mol. The van der Waals surface area contributed by atoms with Crippen LogP contribution in [-0.2, 0) is 0 Å². The standard InChI is InChI=1S/C15H18ClFO/c1-3-18-13-9-8-12(15(17)14(13)16)11-6-4-10(2)5-7-11/h6,8-10H,3-5,7H2,1-2H3. The molecule has 1 aliphatic carbocycles. The van der Waals surface area contributed by atoms with Gasteiger partial charge in [0.25, 0.3) is 0 Å². The van der Waals surface area contributed by atoms with Gasteiger partial charge in [0.05, 0.1) is 6.61 Å². The molecule has 1 aliphatic rings. The van der Waals surface area contributed by atoms with Crippen LogP contribution < -0.4 is 4.74 Å². The molecule has 0 radical (unpaired) electrons. The molecule has 0 bridgehead atoms. The maximum absolute atomic E-state index is 14.2. The third-order valence-corrected chi connectivity index (χ3v) is 3.72. The van der Waals surface area contributed by atoms with Crippen molar-refractivity contribution in [3.8, 4) is 5.75 Å². The van der Waals surface area contributed by atoms with Crippen molar-refractivity contribution in [2.45, 2.75) is 33.1 Å². The van der Waals surface area contributed by atoms with Gasteiger partial charge in [0, 0.05) is 5.56 Å². The quantitative estimate of drug-likeness (QED) is 0.743. The van der Waals surface area contributed by atoms with Crippen molar-refractivity contribution in [3.63, 3.8) is 0 Å². The van der Waals surface area contributed by atoms with E-state index in [0.717, 1.165) is 24.8 Å². The summed E-state index contributed by atoms with van der Waals surface area (Å²) in [7, 11) is 0. The second-order valence-corrected chi connectivity index (χ2v) is 5.16. The molecule has 3 heteroatoms. The van der Waals surface area contributed by atoms with Crippen LogP contribution in [0, 0.1) is 11.7 Å². The molecule has 0 fully saturated rings. The Morgan fingerprint density at radius 1 is 1.44 bits per heavy atom. The Morgan fingerprint density at radius 2 is 2.22 bits per heavy atom. The van der Waals surface area contributed by atoms with Crippen LogP contribution in [0.15, 0.2) is 18.2 Å². The normalized spacial score (nSPS) is 19.6. The summed E-state index contributed by atoms with van der Waals surface area (Å²) in [5.74, 6) is 0.753. The fraction of sp³-hybridized carbons (Fsp3) is 0.467. The van der Waals surface area contributed by atoms with Crippen molar-refractivity contribution in [2.24, 2.45) is 5.92 Å². The molecule has 0 aliphatic heterocycles. The molecule has 0 aromatic heterocycles. The summed E-state index contributed by atoms with van der Waals surface area (Å²) in [6, 6.07) is 3.52. The highest BCUT2D eigenvalue weighted by Crippen LogP contribution is 2.36. The molecular weight excluding hydrogens is 251 g/mol. The first-order valence-electron chi connectivity index (χ1n) is 6.43. The van der Waals surface area contributed by atoms with Gasteiger partial charge < -0.3 is 4.74 Å². The monoisotopic (exact) mass is 268 g/mol. The molecule has 0 spiro atoms. The van der Waals surface area contributed by atoms with Gasteiger partial charge in [-0.05, 0) is 49.8 Å². The van der Waals surface area contributed by atoms with Gasteiger partial charge in [0.2, 0.25) is 0 Å². The van der Waals surface area contributed by atoms with Gasteiger partial charge in [-0.3, -0.25) is 0 Å². The zero-order valence-corrected chi connectivity index (χ0v) is 11.6. The second-order valence-electron chi connectivity index (χ2n) is 4.78. The highest BCUT2D eigenvalue weighted by Gasteiger charge is 2.18. The molecule has 1 aromatic carbocycles. The van der Waals surface area contributed by atoms with E-state index < -0.39 is 0 Å². The minimum absolute atomic E-state index is 0.0915. The summed E-state index contributed by atoms with van der Waals surface area (Å²) >= 11 is 6.00. The second kappa shape index (κ2) is 5.75. The SMILES string of the molecule is CCOc1ccc(C2=CCC(C)CC2)c(F)c1Cl. The molecular formula is C15H18ClFO. The fourth-order valence-corrected chi connectivity index (χ4v) is 2.48. The summed E-state index contributed by atoms with van der Waals surface area (Å²) in [6.45, 7) is 4.56. The number of hydrogen-bond donors (Lipinski definition) is 0. The van der Waals surface area contributed by atoms with Gasteiger partial charge in [-0.1, -0.05) is 24.6 Å². The Morgan fingerprint density at radius 3 is 2.83 bits per heavy atom. The molecule has 0 amide bonds. The summed E-state index contributed by atoms with van der Waals surface area (Å²) in [5, 5.41) is 0.0915.